The molecule has 1 fully saturated rings. The second-order valence-corrected chi connectivity index (χ2v) is 7.02. The van der Waals surface area contributed by atoms with E-state index >= 15 is 0 Å². The van der Waals surface area contributed by atoms with Gasteiger partial charge in [0, 0.05) is 18.4 Å². The van der Waals surface area contributed by atoms with Gasteiger partial charge in [0.2, 0.25) is 0 Å². The van der Waals surface area contributed by atoms with Crippen LogP contribution < -0.4 is 5.32 Å². The Labute approximate surface area is 168 Å². The van der Waals surface area contributed by atoms with E-state index < -0.39 is 0 Å². The summed E-state index contributed by atoms with van der Waals surface area (Å²) >= 11 is 0. The highest BCUT2D eigenvalue weighted by atomic mass is 19.1. The maximum Gasteiger partial charge on any atom is 0.275 e. The first-order chi connectivity index (χ1) is 14.1. The molecule has 0 aromatic carbocycles. The molecule has 3 aromatic heterocycles. The zero-order valence-electron chi connectivity index (χ0n) is 16.0. The van der Waals surface area contributed by atoms with E-state index in [0.717, 1.165) is 30.8 Å². The summed E-state index contributed by atoms with van der Waals surface area (Å²) in [7, 11) is 0. The highest BCUT2D eigenvalue weighted by Gasteiger charge is 2.29. The van der Waals surface area contributed by atoms with Crippen molar-refractivity contribution in [3.63, 3.8) is 0 Å². The normalized spacial score (nSPS) is 16.7. The zero-order chi connectivity index (χ0) is 20.2. The Hall–Kier alpha value is -3.26. The number of aromatic nitrogens is 4. The van der Waals surface area contributed by atoms with Crippen LogP contribution in [0, 0.1) is 12.7 Å². The first-order valence-electron chi connectivity index (χ1n) is 9.51. The van der Waals surface area contributed by atoms with Crippen molar-refractivity contribution in [1.82, 2.24) is 24.8 Å². The van der Waals surface area contributed by atoms with Gasteiger partial charge in [-0.25, -0.2) is 19.3 Å². The van der Waals surface area contributed by atoms with Crippen molar-refractivity contribution in [3.8, 4) is 0 Å². The van der Waals surface area contributed by atoms with Crippen molar-refractivity contribution in [1.29, 1.82) is 0 Å². The number of aryl methyl sites for hydroxylation is 1. The fraction of sp³-hybridized carbons (Fsp3) is 0.286. The quantitative estimate of drug-likeness (QED) is 0.717. The molecule has 1 amide bonds. The van der Waals surface area contributed by atoms with Crippen LogP contribution in [0.15, 0.2) is 48.8 Å². The number of rotatable bonds is 5. The topological polar surface area (TPSA) is 83.9 Å². The highest BCUT2D eigenvalue weighted by molar-refractivity contribution is 6.02. The fourth-order valence-electron chi connectivity index (χ4n) is 3.49. The van der Waals surface area contributed by atoms with Gasteiger partial charge in [-0.15, -0.1) is 0 Å². The Bertz CT molecular complexity index is 996. The average molecular weight is 392 g/mol. The molecule has 0 radical (unpaired) electrons. The molecule has 1 unspecified atom stereocenters. The summed E-state index contributed by atoms with van der Waals surface area (Å²) in [6.07, 6.45) is 4.74. The number of hydrogen-bond acceptors (Lipinski definition) is 6. The minimum atomic E-state index is -0.350. The summed E-state index contributed by atoms with van der Waals surface area (Å²) in [5, 5.41) is 2.76. The lowest BCUT2D eigenvalue weighted by Gasteiger charge is -2.23. The predicted molar refractivity (Wildman–Crippen MR) is 106 cm³/mol. The second kappa shape index (κ2) is 8.40. The maximum absolute atomic E-state index is 13.1. The number of hydrogen-bond donors (Lipinski definition) is 1. The Morgan fingerprint density at radius 1 is 1.24 bits per heavy atom. The minimum absolute atomic E-state index is 0.0110. The van der Waals surface area contributed by atoms with Crippen LogP contribution in [0.3, 0.4) is 0 Å². The van der Waals surface area contributed by atoms with Crippen LogP contribution in [0.25, 0.3) is 0 Å². The van der Waals surface area contributed by atoms with Gasteiger partial charge in [-0.05, 0) is 56.6 Å². The van der Waals surface area contributed by atoms with E-state index in [1.807, 2.05) is 6.92 Å². The minimum Gasteiger partial charge on any atom is -0.305 e. The van der Waals surface area contributed by atoms with Gasteiger partial charge >= 0.3 is 0 Å². The molecule has 1 aliphatic rings. The molecule has 1 aliphatic heterocycles. The summed E-state index contributed by atoms with van der Waals surface area (Å²) < 4.78 is 13.1. The number of halogens is 1. The number of carbonyl (C=O) groups excluding carboxylic acids is 1. The van der Waals surface area contributed by atoms with E-state index in [4.69, 9.17) is 0 Å². The Morgan fingerprint density at radius 3 is 2.90 bits per heavy atom. The van der Waals surface area contributed by atoms with Gasteiger partial charge < -0.3 is 5.32 Å². The molecule has 1 saturated heterocycles. The molecular formula is C21H21FN6O. The summed E-state index contributed by atoms with van der Waals surface area (Å²) in [5.74, 6) is 0.425. The van der Waals surface area contributed by atoms with Crippen molar-refractivity contribution in [2.24, 2.45) is 0 Å². The molecule has 29 heavy (non-hydrogen) atoms. The van der Waals surface area contributed by atoms with Crippen LogP contribution in [-0.4, -0.2) is 37.3 Å². The second-order valence-electron chi connectivity index (χ2n) is 7.02. The largest absolute Gasteiger partial charge is 0.305 e. The van der Waals surface area contributed by atoms with Crippen molar-refractivity contribution >= 4 is 11.7 Å². The molecule has 8 heteroatoms. The van der Waals surface area contributed by atoms with E-state index in [1.165, 1.54) is 12.3 Å². The van der Waals surface area contributed by atoms with Crippen molar-refractivity contribution in [3.05, 3.63) is 77.5 Å². The summed E-state index contributed by atoms with van der Waals surface area (Å²) in [6.45, 7) is 3.30. The average Bonchev–Trinajstić information content (AvgIpc) is 3.18. The Balaban J connectivity index is 1.54. The van der Waals surface area contributed by atoms with Crippen LogP contribution in [0.2, 0.25) is 0 Å². The molecular weight excluding hydrogens is 371 g/mol. The maximum atomic E-state index is 13.1. The van der Waals surface area contributed by atoms with Gasteiger partial charge in [0.05, 0.1) is 17.9 Å². The van der Waals surface area contributed by atoms with E-state index in [1.54, 1.807) is 36.5 Å². The molecule has 7 nitrogen and oxygen atoms in total. The van der Waals surface area contributed by atoms with Crippen LogP contribution in [0.1, 0.15) is 46.6 Å². The van der Waals surface area contributed by atoms with Crippen molar-refractivity contribution in [2.45, 2.75) is 32.4 Å². The van der Waals surface area contributed by atoms with E-state index in [9.17, 15) is 9.18 Å². The fourth-order valence-corrected chi connectivity index (χ4v) is 3.49. The van der Waals surface area contributed by atoms with E-state index in [-0.39, 0.29) is 17.8 Å². The van der Waals surface area contributed by atoms with E-state index in [0.29, 0.717) is 23.9 Å². The standard InChI is InChI=1S/C21H21FN6O/c1-14-11-17(21(29)27-19-6-2-3-9-23-19)26-20(25-14)18-5-4-10-28(18)13-16-8-7-15(22)12-24-16/h2-3,6-9,11-12,18H,4-5,10,13H2,1H3,(H,23,27,29). The molecule has 0 aliphatic carbocycles. The first kappa shape index (κ1) is 19.1. The lowest BCUT2D eigenvalue weighted by atomic mass is 10.2. The third-order valence-corrected chi connectivity index (χ3v) is 4.83. The number of nitrogens with one attached hydrogen (secondary N) is 1. The smallest absolute Gasteiger partial charge is 0.275 e. The number of likely N-dealkylation sites (tertiary alicyclic amines) is 1. The van der Waals surface area contributed by atoms with Crippen LogP contribution in [0.4, 0.5) is 10.2 Å². The molecule has 4 rings (SSSR count). The van der Waals surface area contributed by atoms with Gasteiger partial charge in [-0.2, -0.15) is 0 Å². The molecule has 0 saturated carbocycles. The SMILES string of the molecule is Cc1cc(C(=O)Nc2ccccn2)nc(C2CCCN2Cc2ccc(F)cn2)n1. The van der Waals surface area contributed by atoms with Gasteiger partial charge in [0.1, 0.15) is 23.2 Å². The van der Waals surface area contributed by atoms with Gasteiger partial charge in [0.25, 0.3) is 5.91 Å². The third-order valence-electron chi connectivity index (χ3n) is 4.83. The molecule has 0 bridgehead atoms. The number of amides is 1. The lowest BCUT2D eigenvalue weighted by molar-refractivity contribution is 0.102. The Morgan fingerprint density at radius 2 is 2.14 bits per heavy atom. The van der Waals surface area contributed by atoms with Gasteiger partial charge in [-0.1, -0.05) is 6.07 Å². The van der Waals surface area contributed by atoms with Gasteiger partial charge in [-0.3, -0.25) is 14.7 Å². The Kier molecular flexibility index (Phi) is 5.53. The first-order valence-corrected chi connectivity index (χ1v) is 9.51. The van der Waals surface area contributed by atoms with E-state index in [2.05, 4.69) is 30.2 Å². The predicted octanol–water partition coefficient (Wildman–Crippen LogP) is 3.30. The molecule has 148 valence electrons. The number of pyridine rings is 2. The summed E-state index contributed by atoms with van der Waals surface area (Å²) in [5.41, 5.74) is 1.83. The molecule has 3 aromatic rings. The summed E-state index contributed by atoms with van der Waals surface area (Å²) in [6, 6.07) is 10.1. The highest BCUT2D eigenvalue weighted by Crippen LogP contribution is 2.31. The van der Waals surface area contributed by atoms with Crippen LogP contribution in [0.5, 0.6) is 0 Å². The molecule has 0 spiro atoms. The van der Waals surface area contributed by atoms with Crippen LogP contribution >= 0.6 is 0 Å². The third kappa shape index (κ3) is 4.60. The number of anilines is 1. The zero-order valence-corrected chi connectivity index (χ0v) is 16.0. The lowest BCUT2D eigenvalue weighted by Crippen LogP contribution is -2.26. The monoisotopic (exact) mass is 392 g/mol. The number of nitrogens with zero attached hydrogens (tertiary/aromatic N) is 5. The molecule has 4 heterocycles. The van der Waals surface area contributed by atoms with Gasteiger partial charge in [0.15, 0.2) is 0 Å². The summed E-state index contributed by atoms with van der Waals surface area (Å²) in [4.78, 5) is 32.2. The molecule has 1 atom stereocenters. The molecule has 1 N–H and O–H groups in total. The van der Waals surface area contributed by atoms with Crippen LogP contribution in [-0.2, 0) is 6.54 Å². The van der Waals surface area contributed by atoms with Crippen molar-refractivity contribution in [2.75, 3.05) is 11.9 Å². The number of carbonyl (C=O) groups is 1. The van der Waals surface area contributed by atoms with Crippen molar-refractivity contribution < 1.29 is 9.18 Å².